The van der Waals surface area contributed by atoms with Gasteiger partial charge in [-0.1, -0.05) is 18.2 Å². The normalized spacial score (nSPS) is 13.0. The lowest BCUT2D eigenvalue weighted by molar-refractivity contribution is 0.171. The first kappa shape index (κ1) is 27.7. The van der Waals surface area contributed by atoms with E-state index >= 15 is 0 Å². The van der Waals surface area contributed by atoms with Crippen LogP contribution in [0.2, 0.25) is 0 Å². The molecule has 4 aromatic rings. The van der Waals surface area contributed by atoms with E-state index in [1.807, 2.05) is 0 Å². The summed E-state index contributed by atoms with van der Waals surface area (Å²) in [7, 11) is -0.164. The van der Waals surface area contributed by atoms with Crippen molar-refractivity contribution in [3.63, 3.8) is 0 Å². The van der Waals surface area contributed by atoms with Gasteiger partial charge in [0.15, 0.2) is 5.82 Å². The summed E-state index contributed by atoms with van der Waals surface area (Å²) in [4.78, 5) is 4.37. The highest BCUT2D eigenvalue weighted by molar-refractivity contribution is 7.93. The predicted molar refractivity (Wildman–Crippen MR) is 138 cm³/mol. The van der Waals surface area contributed by atoms with Crippen molar-refractivity contribution in [3.05, 3.63) is 71.8 Å². The molecule has 0 bridgehead atoms. The SMILES string of the molecule is COc1cccc(-c2nnc(NS(=O)(=O)[C@H](C)[C@@H](O)c3ccc(F)cc3F)n2-c2c(OC)cccc2OC)n1. The Kier molecular flexibility index (Phi) is 7.97. The van der Waals surface area contributed by atoms with E-state index in [1.165, 1.54) is 32.8 Å². The van der Waals surface area contributed by atoms with Gasteiger partial charge in [-0.3, -0.25) is 9.29 Å². The second-order valence-corrected chi connectivity index (χ2v) is 10.3. The standard InChI is InChI=1S/C25H25F2N5O6S/c1-14(23(33)16-12-11-15(26)13-17(16)27)39(34,35)31-25-30-29-24(18-7-5-10-21(28-18)38-4)32(25)22-19(36-2)8-6-9-20(22)37-3/h5-14,23,33H,1-4H3,(H,30,31)/t14-,23-/m1/s1. The summed E-state index contributed by atoms with van der Waals surface area (Å²) in [6.45, 7) is 1.17. The minimum atomic E-state index is -4.45. The molecule has 0 fully saturated rings. The van der Waals surface area contributed by atoms with Crippen LogP contribution in [-0.2, 0) is 10.0 Å². The largest absolute Gasteiger partial charge is 0.494 e. The van der Waals surface area contributed by atoms with Crippen molar-refractivity contribution in [2.24, 2.45) is 0 Å². The lowest BCUT2D eigenvalue weighted by Crippen LogP contribution is -2.32. The molecule has 2 aromatic carbocycles. The summed E-state index contributed by atoms with van der Waals surface area (Å²) in [5, 5.41) is 17.3. The van der Waals surface area contributed by atoms with Gasteiger partial charge in [0.2, 0.25) is 21.9 Å². The van der Waals surface area contributed by atoms with Gasteiger partial charge in [-0.05, 0) is 31.2 Å². The number of halogens is 2. The van der Waals surface area contributed by atoms with Crippen molar-refractivity contribution >= 4 is 16.0 Å². The van der Waals surface area contributed by atoms with Crippen LogP contribution >= 0.6 is 0 Å². The van der Waals surface area contributed by atoms with E-state index < -0.39 is 33.0 Å². The number of aromatic nitrogens is 4. The average Bonchev–Trinajstić information content (AvgIpc) is 3.33. The van der Waals surface area contributed by atoms with Crippen LogP contribution < -0.4 is 18.9 Å². The summed E-state index contributed by atoms with van der Waals surface area (Å²) in [5.41, 5.74) is 0.146. The van der Waals surface area contributed by atoms with Crippen molar-refractivity contribution in [3.8, 4) is 34.6 Å². The molecule has 206 valence electrons. The molecule has 0 saturated carbocycles. The summed E-state index contributed by atoms with van der Waals surface area (Å²) in [6, 6.07) is 12.3. The predicted octanol–water partition coefficient (Wildman–Crippen LogP) is 3.50. The van der Waals surface area contributed by atoms with Gasteiger partial charge in [-0.25, -0.2) is 22.2 Å². The van der Waals surface area contributed by atoms with Crippen LogP contribution in [0.3, 0.4) is 0 Å². The molecule has 14 heteroatoms. The highest BCUT2D eigenvalue weighted by Gasteiger charge is 2.34. The first-order chi connectivity index (χ1) is 18.6. The van der Waals surface area contributed by atoms with E-state index in [1.54, 1.807) is 36.4 Å². The number of aliphatic hydroxyl groups excluding tert-OH is 1. The zero-order valence-electron chi connectivity index (χ0n) is 21.3. The zero-order chi connectivity index (χ0) is 28.3. The van der Waals surface area contributed by atoms with Gasteiger partial charge in [0.1, 0.15) is 45.9 Å². The molecule has 0 spiro atoms. The van der Waals surface area contributed by atoms with E-state index in [-0.39, 0.29) is 34.6 Å². The number of sulfonamides is 1. The fourth-order valence-corrected chi connectivity index (χ4v) is 4.88. The number of hydrogen-bond acceptors (Lipinski definition) is 9. The fraction of sp³-hybridized carbons (Fsp3) is 0.240. The van der Waals surface area contributed by atoms with Gasteiger partial charge >= 0.3 is 0 Å². The number of benzene rings is 2. The third kappa shape index (κ3) is 5.47. The molecule has 0 saturated heterocycles. The van der Waals surface area contributed by atoms with Crippen molar-refractivity contribution in [2.75, 3.05) is 26.1 Å². The molecule has 2 atom stereocenters. The van der Waals surface area contributed by atoms with Crippen LogP contribution in [0, 0.1) is 11.6 Å². The van der Waals surface area contributed by atoms with Crippen molar-refractivity contribution < 1.29 is 36.5 Å². The molecule has 2 aromatic heterocycles. The van der Waals surface area contributed by atoms with Gasteiger partial charge in [-0.2, -0.15) is 0 Å². The number of nitrogens with one attached hydrogen (secondary N) is 1. The van der Waals surface area contributed by atoms with Crippen LogP contribution in [0.25, 0.3) is 17.2 Å². The lowest BCUT2D eigenvalue weighted by atomic mass is 10.1. The Labute approximate surface area is 223 Å². The van der Waals surface area contributed by atoms with E-state index in [0.717, 1.165) is 12.1 Å². The molecule has 0 aliphatic heterocycles. The second-order valence-electron chi connectivity index (χ2n) is 8.22. The summed E-state index contributed by atoms with van der Waals surface area (Å²) in [5.74, 6) is -1.29. The number of aliphatic hydroxyl groups is 1. The first-order valence-electron chi connectivity index (χ1n) is 11.4. The molecular formula is C25H25F2N5O6S. The number of pyridine rings is 1. The second kappa shape index (κ2) is 11.2. The Morgan fingerprint density at radius 2 is 1.62 bits per heavy atom. The molecule has 4 rings (SSSR count). The quantitative estimate of drug-likeness (QED) is 0.298. The molecule has 39 heavy (non-hydrogen) atoms. The topological polar surface area (TPSA) is 138 Å². The molecule has 0 unspecified atom stereocenters. The van der Waals surface area contributed by atoms with Gasteiger partial charge < -0.3 is 19.3 Å². The van der Waals surface area contributed by atoms with Gasteiger partial charge in [0.05, 0.1) is 21.3 Å². The van der Waals surface area contributed by atoms with Crippen LogP contribution in [-0.4, -0.2) is 59.9 Å². The molecule has 2 heterocycles. The van der Waals surface area contributed by atoms with Crippen molar-refractivity contribution in [1.29, 1.82) is 0 Å². The number of hydrogen-bond donors (Lipinski definition) is 2. The van der Waals surface area contributed by atoms with E-state index in [4.69, 9.17) is 14.2 Å². The van der Waals surface area contributed by atoms with E-state index in [9.17, 15) is 22.3 Å². The monoisotopic (exact) mass is 561 g/mol. The van der Waals surface area contributed by atoms with Crippen LogP contribution in [0.15, 0.2) is 54.6 Å². The zero-order valence-corrected chi connectivity index (χ0v) is 22.1. The molecule has 0 aliphatic carbocycles. The van der Waals surface area contributed by atoms with Crippen LogP contribution in [0.4, 0.5) is 14.7 Å². The van der Waals surface area contributed by atoms with Crippen LogP contribution in [0.5, 0.6) is 17.4 Å². The Morgan fingerprint density at radius 1 is 0.949 bits per heavy atom. The maximum Gasteiger partial charge on any atom is 0.243 e. The Bertz CT molecular complexity index is 1580. The maximum absolute atomic E-state index is 14.3. The Morgan fingerprint density at radius 3 is 2.23 bits per heavy atom. The van der Waals surface area contributed by atoms with Gasteiger partial charge in [0.25, 0.3) is 0 Å². The number of anilines is 1. The smallest absolute Gasteiger partial charge is 0.243 e. The number of para-hydroxylation sites is 1. The first-order valence-corrected chi connectivity index (χ1v) is 13.0. The van der Waals surface area contributed by atoms with Gasteiger partial charge in [-0.15, -0.1) is 10.2 Å². The van der Waals surface area contributed by atoms with E-state index in [2.05, 4.69) is 19.9 Å². The average molecular weight is 562 g/mol. The molecule has 11 nitrogen and oxygen atoms in total. The molecule has 0 amide bonds. The van der Waals surface area contributed by atoms with E-state index in [0.29, 0.717) is 17.6 Å². The molecule has 0 aliphatic rings. The lowest BCUT2D eigenvalue weighted by Gasteiger charge is -2.22. The maximum atomic E-state index is 14.3. The minimum absolute atomic E-state index is 0.104. The summed E-state index contributed by atoms with van der Waals surface area (Å²) >= 11 is 0. The Hall–Kier alpha value is -4.30. The van der Waals surface area contributed by atoms with Crippen molar-refractivity contribution in [1.82, 2.24) is 19.7 Å². The highest BCUT2D eigenvalue weighted by atomic mass is 32.2. The molecular weight excluding hydrogens is 536 g/mol. The number of methoxy groups -OCH3 is 3. The third-order valence-electron chi connectivity index (χ3n) is 5.90. The number of nitrogens with zero attached hydrogens (tertiary/aromatic N) is 4. The summed E-state index contributed by atoms with van der Waals surface area (Å²) < 4.78 is 74.3. The van der Waals surface area contributed by atoms with Crippen molar-refractivity contribution in [2.45, 2.75) is 18.3 Å². The molecule has 2 N–H and O–H groups in total. The van der Waals surface area contributed by atoms with Crippen LogP contribution in [0.1, 0.15) is 18.6 Å². The Balaban J connectivity index is 1.85. The number of rotatable bonds is 10. The van der Waals surface area contributed by atoms with Gasteiger partial charge in [0, 0.05) is 17.7 Å². The fourth-order valence-electron chi connectivity index (χ4n) is 3.82. The molecule has 0 radical (unpaired) electrons. The highest BCUT2D eigenvalue weighted by Crippen LogP contribution is 2.38. The minimum Gasteiger partial charge on any atom is -0.494 e. The third-order valence-corrected chi connectivity index (χ3v) is 7.60. The summed E-state index contributed by atoms with van der Waals surface area (Å²) in [6.07, 6.45) is -1.83. The number of ether oxygens (including phenoxy) is 3.